The van der Waals surface area contributed by atoms with Crippen molar-refractivity contribution in [3.05, 3.63) is 46.7 Å². The Balaban J connectivity index is 1.78. The van der Waals surface area contributed by atoms with E-state index in [-0.39, 0.29) is 5.78 Å². The Hall–Kier alpha value is -2.03. The monoisotopic (exact) mass is 254 g/mol. The minimum absolute atomic E-state index is 0.242. The largest absolute Gasteiger partial charge is 0.488 e. The summed E-state index contributed by atoms with van der Waals surface area (Å²) in [6.45, 7) is 0.524. The molecule has 4 rings (SSSR count). The number of carbonyl (C=O) groups excluding carboxylic acids is 1. The lowest BCUT2D eigenvalue weighted by atomic mass is 9.88. The highest BCUT2D eigenvalue weighted by molar-refractivity contribution is 5.98. The lowest BCUT2D eigenvalue weighted by molar-refractivity contribution is -0.116. The summed E-state index contributed by atoms with van der Waals surface area (Å²) in [7, 11) is 0. The molecule has 0 bridgehead atoms. The quantitative estimate of drug-likeness (QED) is 0.713. The molecule has 0 radical (unpaired) electrons. The molecule has 3 heteroatoms. The van der Waals surface area contributed by atoms with Gasteiger partial charge >= 0.3 is 0 Å². The number of hydrogen-bond acceptors (Lipinski definition) is 3. The fraction of sp³-hybridized carbons (Fsp3) is 0.312. The average molecular weight is 254 g/mol. The van der Waals surface area contributed by atoms with Gasteiger partial charge in [0.25, 0.3) is 0 Å². The molecule has 0 saturated heterocycles. The van der Waals surface area contributed by atoms with Gasteiger partial charge in [0.1, 0.15) is 23.9 Å². The zero-order chi connectivity index (χ0) is 12.8. The summed E-state index contributed by atoms with van der Waals surface area (Å²) in [5, 5.41) is 0. The van der Waals surface area contributed by atoms with E-state index in [1.807, 2.05) is 24.3 Å². The molecule has 2 aliphatic heterocycles. The molecular weight excluding hydrogens is 240 g/mol. The molecule has 0 spiro atoms. The fourth-order valence-electron chi connectivity index (χ4n) is 2.97. The van der Waals surface area contributed by atoms with Crippen LogP contribution in [0.15, 0.2) is 41.2 Å². The number of fused-ring (bicyclic) bond motifs is 2. The molecule has 0 unspecified atom stereocenters. The first-order valence-corrected chi connectivity index (χ1v) is 6.70. The fourth-order valence-corrected chi connectivity index (χ4v) is 2.97. The van der Waals surface area contributed by atoms with E-state index in [1.165, 1.54) is 0 Å². The van der Waals surface area contributed by atoms with E-state index in [1.54, 1.807) is 0 Å². The van der Waals surface area contributed by atoms with Crippen LogP contribution in [0.25, 0.3) is 5.76 Å². The molecule has 1 aromatic carbocycles. The van der Waals surface area contributed by atoms with Crippen molar-refractivity contribution in [2.75, 3.05) is 6.61 Å². The van der Waals surface area contributed by atoms with E-state index in [2.05, 4.69) is 0 Å². The first-order valence-electron chi connectivity index (χ1n) is 6.70. The van der Waals surface area contributed by atoms with Crippen molar-refractivity contribution in [3.8, 4) is 5.75 Å². The molecule has 0 saturated carbocycles. The van der Waals surface area contributed by atoms with Gasteiger partial charge in [0.05, 0.1) is 5.56 Å². The third-order valence-corrected chi connectivity index (χ3v) is 3.95. The van der Waals surface area contributed by atoms with Crippen LogP contribution in [0, 0.1) is 0 Å². The molecule has 3 nitrogen and oxygen atoms in total. The second-order valence-corrected chi connectivity index (χ2v) is 5.17. The minimum atomic E-state index is 0.242. The average Bonchev–Trinajstić information content (AvgIpc) is 2.46. The summed E-state index contributed by atoms with van der Waals surface area (Å²) >= 11 is 0. The van der Waals surface area contributed by atoms with Crippen LogP contribution in [-0.4, -0.2) is 12.4 Å². The van der Waals surface area contributed by atoms with Crippen molar-refractivity contribution in [1.82, 2.24) is 0 Å². The Bertz CT molecular complexity index is 637. The van der Waals surface area contributed by atoms with Crippen molar-refractivity contribution in [3.63, 3.8) is 0 Å². The van der Waals surface area contributed by atoms with Crippen molar-refractivity contribution < 1.29 is 14.3 Å². The summed E-state index contributed by atoms with van der Waals surface area (Å²) in [5.74, 6) is 2.90. The maximum atomic E-state index is 11.9. The number of carbonyl (C=O) groups is 1. The van der Waals surface area contributed by atoms with Crippen molar-refractivity contribution in [1.29, 1.82) is 0 Å². The zero-order valence-electron chi connectivity index (χ0n) is 10.6. The Morgan fingerprint density at radius 3 is 2.95 bits per heavy atom. The maximum Gasteiger partial charge on any atom is 0.162 e. The van der Waals surface area contributed by atoms with Gasteiger partial charge in [-0.1, -0.05) is 12.1 Å². The van der Waals surface area contributed by atoms with Crippen LogP contribution in [0.5, 0.6) is 5.75 Å². The first kappa shape index (κ1) is 10.9. The highest BCUT2D eigenvalue weighted by Gasteiger charge is 2.32. The SMILES string of the molecule is O=C1CCCC2=C1CC1=C(O2)c2ccccc2OC1. The number of rotatable bonds is 0. The van der Waals surface area contributed by atoms with Crippen molar-refractivity contribution in [2.24, 2.45) is 0 Å². The Labute approximate surface area is 111 Å². The minimum Gasteiger partial charge on any atom is -0.488 e. The van der Waals surface area contributed by atoms with Gasteiger partial charge < -0.3 is 9.47 Å². The van der Waals surface area contributed by atoms with E-state index >= 15 is 0 Å². The molecule has 0 N–H and O–H groups in total. The Kier molecular flexibility index (Phi) is 2.28. The second-order valence-electron chi connectivity index (χ2n) is 5.17. The van der Waals surface area contributed by atoms with Crippen LogP contribution in [-0.2, 0) is 9.53 Å². The normalized spacial score (nSPS) is 21.2. The number of Topliss-reactive ketones (excluding diaryl/α,β-unsaturated/α-hetero) is 1. The van der Waals surface area contributed by atoms with Gasteiger partial charge in [0.2, 0.25) is 0 Å². The molecule has 0 atom stereocenters. The molecule has 96 valence electrons. The maximum absolute atomic E-state index is 11.9. The number of ether oxygens (including phenoxy) is 2. The highest BCUT2D eigenvalue weighted by Crippen LogP contribution is 2.43. The van der Waals surface area contributed by atoms with Gasteiger partial charge in [-0.15, -0.1) is 0 Å². The standard InChI is InChI=1S/C16H14O3/c17-13-5-3-7-15-12(13)8-10-9-18-14-6-2-1-4-11(14)16(10)19-15/h1-2,4,6H,3,5,7-9H2. The van der Waals surface area contributed by atoms with Crippen LogP contribution in [0.4, 0.5) is 0 Å². The highest BCUT2D eigenvalue weighted by atomic mass is 16.5. The van der Waals surface area contributed by atoms with Crippen molar-refractivity contribution in [2.45, 2.75) is 25.7 Å². The lowest BCUT2D eigenvalue weighted by Gasteiger charge is -2.31. The summed E-state index contributed by atoms with van der Waals surface area (Å²) in [5.41, 5.74) is 2.97. The number of allylic oxidation sites excluding steroid dienone is 2. The predicted molar refractivity (Wildman–Crippen MR) is 70.4 cm³/mol. The zero-order valence-corrected chi connectivity index (χ0v) is 10.6. The topological polar surface area (TPSA) is 35.5 Å². The number of ketones is 1. The van der Waals surface area contributed by atoms with Crippen LogP contribution < -0.4 is 4.74 Å². The Morgan fingerprint density at radius 1 is 1.11 bits per heavy atom. The van der Waals surface area contributed by atoms with Crippen LogP contribution in [0.1, 0.15) is 31.2 Å². The van der Waals surface area contributed by atoms with Gasteiger partial charge in [0.15, 0.2) is 5.78 Å². The van der Waals surface area contributed by atoms with E-state index < -0.39 is 0 Å². The molecule has 0 fully saturated rings. The Morgan fingerprint density at radius 2 is 2.00 bits per heavy atom. The summed E-state index contributed by atoms with van der Waals surface area (Å²) in [6.07, 6.45) is 3.12. The third kappa shape index (κ3) is 1.61. The van der Waals surface area contributed by atoms with Gasteiger partial charge in [-0.25, -0.2) is 0 Å². The lowest BCUT2D eigenvalue weighted by Crippen LogP contribution is -2.22. The van der Waals surface area contributed by atoms with Crippen LogP contribution in [0.2, 0.25) is 0 Å². The summed E-state index contributed by atoms with van der Waals surface area (Å²) < 4.78 is 11.8. The number of para-hydroxylation sites is 1. The second kappa shape index (κ2) is 3.98. The molecule has 1 aromatic rings. The predicted octanol–water partition coefficient (Wildman–Crippen LogP) is 3.22. The molecule has 2 heterocycles. The molecule has 0 amide bonds. The van der Waals surface area contributed by atoms with E-state index in [0.29, 0.717) is 19.4 Å². The van der Waals surface area contributed by atoms with E-state index in [9.17, 15) is 4.79 Å². The molecular formula is C16H14O3. The summed E-state index contributed by atoms with van der Waals surface area (Å²) in [6, 6.07) is 7.91. The molecule has 3 aliphatic rings. The number of benzene rings is 1. The van der Waals surface area contributed by atoms with Crippen LogP contribution in [0.3, 0.4) is 0 Å². The third-order valence-electron chi connectivity index (χ3n) is 3.95. The number of hydrogen-bond donors (Lipinski definition) is 0. The smallest absolute Gasteiger partial charge is 0.162 e. The van der Waals surface area contributed by atoms with Gasteiger partial charge in [-0.2, -0.15) is 0 Å². The van der Waals surface area contributed by atoms with Gasteiger partial charge in [-0.3, -0.25) is 4.79 Å². The summed E-state index contributed by atoms with van der Waals surface area (Å²) in [4.78, 5) is 11.9. The molecule has 19 heavy (non-hydrogen) atoms. The molecule has 1 aliphatic carbocycles. The van der Waals surface area contributed by atoms with Crippen LogP contribution >= 0.6 is 0 Å². The van der Waals surface area contributed by atoms with E-state index in [0.717, 1.165) is 46.8 Å². The van der Waals surface area contributed by atoms with Gasteiger partial charge in [-0.05, 0) is 18.6 Å². The van der Waals surface area contributed by atoms with Crippen molar-refractivity contribution >= 4 is 11.5 Å². The van der Waals surface area contributed by atoms with Gasteiger partial charge in [0, 0.05) is 30.4 Å². The first-order chi connectivity index (χ1) is 9.33. The van der Waals surface area contributed by atoms with E-state index in [4.69, 9.17) is 9.47 Å². The molecule has 0 aromatic heterocycles.